The average molecular weight is 339 g/mol. The second-order valence-corrected chi connectivity index (χ2v) is 5.90. The van der Waals surface area contributed by atoms with Crippen LogP contribution in [0.4, 0.5) is 10.2 Å². The minimum Gasteiger partial charge on any atom is -0.310 e. The summed E-state index contributed by atoms with van der Waals surface area (Å²) in [6, 6.07) is 8.98. The van der Waals surface area contributed by atoms with E-state index in [1.165, 1.54) is 28.9 Å². The number of benzene rings is 1. The molecule has 1 amide bonds. The van der Waals surface area contributed by atoms with Crippen molar-refractivity contribution in [2.75, 3.05) is 5.32 Å². The first kappa shape index (κ1) is 15.3. The van der Waals surface area contributed by atoms with Gasteiger partial charge in [-0.3, -0.25) is 9.59 Å². The van der Waals surface area contributed by atoms with E-state index in [4.69, 9.17) is 0 Å². The molecule has 3 aromatic rings. The number of carbonyl (C=O) groups is 1. The fraction of sp³-hybridized carbons (Fsp3) is 0.176. The number of aryl methyl sites for hydroxylation is 1. The highest BCUT2D eigenvalue weighted by Crippen LogP contribution is 2.39. The average Bonchev–Trinajstić information content (AvgIpc) is 2.92. The monoisotopic (exact) mass is 339 g/mol. The summed E-state index contributed by atoms with van der Waals surface area (Å²) in [6.07, 6.45) is 0.254. The maximum Gasteiger partial charge on any atom is 0.264 e. The minimum absolute atomic E-state index is 0.160. The van der Waals surface area contributed by atoms with Crippen molar-refractivity contribution >= 4 is 11.7 Å². The van der Waals surface area contributed by atoms with E-state index in [2.05, 4.69) is 20.6 Å². The molecule has 25 heavy (non-hydrogen) atoms. The molecule has 0 bridgehead atoms. The molecule has 0 saturated carbocycles. The lowest BCUT2D eigenvalue weighted by atomic mass is 9.86. The van der Waals surface area contributed by atoms with Gasteiger partial charge in [-0.05, 0) is 30.7 Å². The van der Waals surface area contributed by atoms with Gasteiger partial charge >= 0.3 is 0 Å². The van der Waals surface area contributed by atoms with Gasteiger partial charge in [-0.25, -0.2) is 9.49 Å². The first-order valence-electron chi connectivity index (χ1n) is 7.74. The van der Waals surface area contributed by atoms with Gasteiger partial charge in [-0.1, -0.05) is 12.1 Å². The van der Waals surface area contributed by atoms with Crippen LogP contribution in [0.3, 0.4) is 0 Å². The second-order valence-electron chi connectivity index (χ2n) is 5.90. The Hall–Kier alpha value is -3.29. The molecular formula is C17H14FN5O2. The molecule has 0 spiro atoms. The topological polar surface area (TPSA) is 92.7 Å². The molecule has 0 fully saturated rings. The molecule has 1 atom stereocenters. The number of rotatable bonds is 2. The predicted octanol–water partition coefficient (Wildman–Crippen LogP) is 1.88. The normalized spacial score (nSPS) is 16.4. The van der Waals surface area contributed by atoms with E-state index in [0.717, 1.165) is 16.8 Å². The Morgan fingerprint density at radius 2 is 1.92 bits per heavy atom. The van der Waals surface area contributed by atoms with Gasteiger partial charge in [0.1, 0.15) is 11.6 Å². The smallest absolute Gasteiger partial charge is 0.264 e. The molecule has 0 aliphatic carbocycles. The predicted molar refractivity (Wildman–Crippen MR) is 88.2 cm³/mol. The summed E-state index contributed by atoms with van der Waals surface area (Å²) in [4.78, 5) is 23.4. The number of aromatic amines is 1. The number of hydrogen-bond donors (Lipinski definition) is 2. The van der Waals surface area contributed by atoms with Crippen LogP contribution in [-0.2, 0) is 4.79 Å². The van der Waals surface area contributed by atoms with Gasteiger partial charge in [0.15, 0.2) is 5.82 Å². The fourth-order valence-electron chi connectivity index (χ4n) is 3.15. The zero-order valence-electron chi connectivity index (χ0n) is 13.3. The Bertz CT molecular complexity index is 1000. The summed E-state index contributed by atoms with van der Waals surface area (Å²) in [6.45, 7) is 1.84. The van der Waals surface area contributed by atoms with Crippen molar-refractivity contribution < 1.29 is 9.18 Å². The second kappa shape index (κ2) is 5.66. The maximum atomic E-state index is 13.2. The molecule has 1 aliphatic heterocycles. The van der Waals surface area contributed by atoms with E-state index in [0.29, 0.717) is 11.6 Å². The Labute approximate surface area is 141 Å². The van der Waals surface area contributed by atoms with Gasteiger partial charge in [0.05, 0.1) is 5.69 Å². The van der Waals surface area contributed by atoms with Crippen LogP contribution in [0.15, 0.2) is 41.2 Å². The molecule has 7 nitrogen and oxygen atoms in total. The lowest BCUT2D eigenvalue weighted by Gasteiger charge is -2.24. The molecule has 2 N–H and O–H groups in total. The van der Waals surface area contributed by atoms with Gasteiger partial charge in [-0.15, -0.1) is 0 Å². The quantitative estimate of drug-likeness (QED) is 0.745. The number of aromatic nitrogens is 4. The van der Waals surface area contributed by atoms with Crippen LogP contribution in [0.25, 0.3) is 5.82 Å². The summed E-state index contributed by atoms with van der Waals surface area (Å²) in [7, 11) is 0. The number of hydrogen-bond acceptors (Lipinski definition) is 4. The summed E-state index contributed by atoms with van der Waals surface area (Å²) in [5.41, 5.74) is 2.11. The zero-order chi connectivity index (χ0) is 17.6. The first-order chi connectivity index (χ1) is 12.0. The summed E-state index contributed by atoms with van der Waals surface area (Å²) in [5.74, 6) is 0.203. The van der Waals surface area contributed by atoms with Crippen molar-refractivity contribution in [3.63, 3.8) is 0 Å². The van der Waals surface area contributed by atoms with Crippen molar-refractivity contribution in [1.29, 1.82) is 0 Å². The van der Waals surface area contributed by atoms with E-state index in [9.17, 15) is 14.0 Å². The van der Waals surface area contributed by atoms with Crippen LogP contribution in [0.2, 0.25) is 0 Å². The Balaban J connectivity index is 1.87. The number of halogens is 1. The zero-order valence-corrected chi connectivity index (χ0v) is 13.3. The SMILES string of the molecule is Cc1nn(-c2ccc(=O)[nH]n2)c2c1C(c1ccc(F)cc1)CC(=O)N2. The van der Waals surface area contributed by atoms with E-state index in [1.54, 1.807) is 12.1 Å². The Morgan fingerprint density at radius 1 is 1.16 bits per heavy atom. The maximum absolute atomic E-state index is 13.2. The molecule has 8 heteroatoms. The van der Waals surface area contributed by atoms with Crippen LogP contribution in [-0.4, -0.2) is 25.9 Å². The van der Waals surface area contributed by atoms with E-state index in [-0.39, 0.29) is 29.6 Å². The third-order valence-corrected chi connectivity index (χ3v) is 4.26. The van der Waals surface area contributed by atoms with Crippen LogP contribution in [0.5, 0.6) is 0 Å². The number of nitrogens with one attached hydrogen (secondary N) is 2. The van der Waals surface area contributed by atoms with E-state index in [1.807, 2.05) is 6.92 Å². The molecule has 1 unspecified atom stereocenters. The molecule has 0 saturated heterocycles. The Kier molecular flexibility index (Phi) is 3.45. The largest absolute Gasteiger partial charge is 0.310 e. The Morgan fingerprint density at radius 3 is 2.60 bits per heavy atom. The molecule has 4 rings (SSSR count). The number of H-pyrrole nitrogens is 1. The summed E-state index contributed by atoms with van der Waals surface area (Å²) >= 11 is 0. The van der Waals surface area contributed by atoms with Gasteiger partial charge < -0.3 is 5.32 Å². The van der Waals surface area contributed by atoms with Gasteiger partial charge in [0.2, 0.25) is 5.91 Å². The van der Waals surface area contributed by atoms with Crippen molar-refractivity contribution in [2.24, 2.45) is 0 Å². The molecule has 1 aliphatic rings. The van der Waals surface area contributed by atoms with Gasteiger partial charge in [0, 0.05) is 24.0 Å². The first-order valence-corrected chi connectivity index (χ1v) is 7.74. The highest BCUT2D eigenvalue weighted by molar-refractivity contribution is 5.95. The molecular weight excluding hydrogens is 325 g/mol. The minimum atomic E-state index is -0.325. The lowest BCUT2D eigenvalue weighted by molar-refractivity contribution is -0.116. The van der Waals surface area contributed by atoms with Crippen molar-refractivity contribution in [2.45, 2.75) is 19.3 Å². The molecule has 0 radical (unpaired) electrons. The highest BCUT2D eigenvalue weighted by atomic mass is 19.1. The van der Waals surface area contributed by atoms with E-state index < -0.39 is 0 Å². The summed E-state index contributed by atoms with van der Waals surface area (Å²) < 4.78 is 14.7. The van der Waals surface area contributed by atoms with Gasteiger partial charge in [-0.2, -0.15) is 14.9 Å². The van der Waals surface area contributed by atoms with Crippen LogP contribution >= 0.6 is 0 Å². The number of nitrogens with zero attached hydrogens (tertiary/aromatic N) is 3. The third kappa shape index (κ3) is 2.61. The summed E-state index contributed by atoms with van der Waals surface area (Å²) in [5, 5.41) is 13.6. The van der Waals surface area contributed by atoms with Crippen LogP contribution in [0, 0.1) is 12.7 Å². The third-order valence-electron chi connectivity index (χ3n) is 4.26. The van der Waals surface area contributed by atoms with Crippen molar-refractivity contribution in [3.05, 3.63) is 69.4 Å². The molecule has 2 aromatic heterocycles. The van der Waals surface area contributed by atoms with Crippen molar-refractivity contribution in [1.82, 2.24) is 20.0 Å². The molecule has 3 heterocycles. The van der Waals surface area contributed by atoms with Crippen LogP contribution < -0.4 is 10.9 Å². The number of anilines is 1. The van der Waals surface area contributed by atoms with Crippen molar-refractivity contribution in [3.8, 4) is 5.82 Å². The highest BCUT2D eigenvalue weighted by Gasteiger charge is 2.32. The molecule has 126 valence electrons. The number of amides is 1. The lowest BCUT2D eigenvalue weighted by Crippen LogP contribution is -2.25. The molecule has 1 aromatic carbocycles. The van der Waals surface area contributed by atoms with E-state index >= 15 is 0 Å². The van der Waals surface area contributed by atoms with Gasteiger partial charge in [0.25, 0.3) is 5.56 Å². The standard InChI is InChI=1S/C17H14FN5O2/c1-9-16-12(10-2-4-11(18)5-3-10)8-15(25)19-17(16)23(22-9)13-6-7-14(24)21-20-13/h2-7,12H,8H2,1H3,(H,19,25)(H,21,24). The fourth-order valence-corrected chi connectivity index (χ4v) is 3.15. The number of carbonyl (C=O) groups excluding carboxylic acids is 1. The number of fused-ring (bicyclic) bond motifs is 1. The van der Waals surface area contributed by atoms with Crippen LogP contribution in [0.1, 0.15) is 29.2 Å².